The van der Waals surface area contributed by atoms with Crippen molar-refractivity contribution in [1.82, 2.24) is 4.57 Å². The molecule has 0 spiro atoms. The van der Waals surface area contributed by atoms with Crippen LogP contribution in [0.3, 0.4) is 0 Å². The topological polar surface area (TPSA) is 71.3 Å². The van der Waals surface area contributed by atoms with Crippen molar-refractivity contribution in [2.24, 2.45) is 17.8 Å². The van der Waals surface area contributed by atoms with Gasteiger partial charge in [-0.3, -0.25) is 9.59 Å². The van der Waals surface area contributed by atoms with Crippen molar-refractivity contribution in [2.75, 3.05) is 5.32 Å². The van der Waals surface area contributed by atoms with Crippen LogP contribution >= 0.6 is 0 Å². The summed E-state index contributed by atoms with van der Waals surface area (Å²) in [6.45, 7) is 0.337. The summed E-state index contributed by atoms with van der Waals surface area (Å²) in [6, 6.07) is 7.43. The van der Waals surface area contributed by atoms with Crippen molar-refractivity contribution in [2.45, 2.75) is 69.9 Å². The molecular formula is C24H30N2O3. The highest BCUT2D eigenvalue weighted by Crippen LogP contribution is 2.48. The molecule has 0 aliphatic heterocycles. The number of rotatable bonds is 4. The fourth-order valence-electron chi connectivity index (χ4n) is 6.03. The fourth-order valence-corrected chi connectivity index (χ4v) is 6.03. The summed E-state index contributed by atoms with van der Waals surface area (Å²) in [4.78, 5) is 26.0. The normalized spacial score (nSPS) is 28.0. The molecular weight excluding hydrogens is 364 g/mol. The number of benzene rings is 1. The van der Waals surface area contributed by atoms with Crippen molar-refractivity contribution < 1.29 is 9.90 Å². The summed E-state index contributed by atoms with van der Waals surface area (Å²) in [5.41, 5.74) is -0.169. The number of aromatic nitrogens is 1. The van der Waals surface area contributed by atoms with Crippen LogP contribution in [0.1, 0.15) is 57.8 Å². The number of carbonyl (C=O) groups is 1. The van der Waals surface area contributed by atoms with Gasteiger partial charge >= 0.3 is 0 Å². The molecule has 3 atom stereocenters. The molecule has 1 unspecified atom stereocenters. The van der Waals surface area contributed by atoms with Gasteiger partial charge in [0.05, 0.1) is 12.1 Å². The van der Waals surface area contributed by atoms with E-state index in [0.717, 1.165) is 55.5 Å². The van der Waals surface area contributed by atoms with Gasteiger partial charge in [-0.1, -0.05) is 31.7 Å². The van der Waals surface area contributed by atoms with Crippen molar-refractivity contribution in [3.63, 3.8) is 0 Å². The van der Waals surface area contributed by atoms with E-state index in [9.17, 15) is 14.7 Å². The van der Waals surface area contributed by atoms with Crippen molar-refractivity contribution >= 4 is 22.4 Å². The minimum absolute atomic E-state index is 0.0995. The molecule has 0 saturated heterocycles. The van der Waals surface area contributed by atoms with Crippen molar-refractivity contribution in [3.05, 3.63) is 40.8 Å². The molecule has 0 radical (unpaired) electrons. The van der Waals surface area contributed by atoms with E-state index in [2.05, 4.69) is 5.32 Å². The van der Waals surface area contributed by atoms with Gasteiger partial charge in [-0.15, -0.1) is 0 Å². The SMILES string of the molecule is O=C(Nc1cccc2c(=O)n(CC3(O)CCCCC3)ccc12)C1C[C@@H]2CC[C@H]1C2. The van der Waals surface area contributed by atoms with Gasteiger partial charge in [0.1, 0.15) is 0 Å². The first-order valence-corrected chi connectivity index (χ1v) is 11.2. The molecule has 5 heteroatoms. The molecule has 5 nitrogen and oxygen atoms in total. The minimum Gasteiger partial charge on any atom is -0.388 e. The molecule has 1 aromatic carbocycles. The van der Waals surface area contributed by atoms with Crippen LogP contribution in [-0.4, -0.2) is 21.2 Å². The van der Waals surface area contributed by atoms with Gasteiger partial charge in [-0.05, 0) is 62.1 Å². The van der Waals surface area contributed by atoms with Crippen LogP contribution in [0.4, 0.5) is 5.69 Å². The van der Waals surface area contributed by atoms with Gasteiger partial charge in [-0.2, -0.15) is 0 Å². The Bertz CT molecular complexity index is 989. The highest BCUT2D eigenvalue weighted by Gasteiger charge is 2.43. The van der Waals surface area contributed by atoms with Gasteiger partial charge in [0.15, 0.2) is 0 Å². The summed E-state index contributed by atoms with van der Waals surface area (Å²) < 4.78 is 1.63. The standard InChI is InChI=1S/C24H30N2O3/c27-22(20-14-16-7-8-17(20)13-16)25-21-6-4-5-19-18(21)9-12-26(23(19)28)15-24(29)10-2-1-3-11-24/h4-6,9,12,16-17,20,29H,1-3,7-8,10-11,13-15H2,(H,25,27)/t16-,17+,20?/m1/s1. The number of nitrogens with zero attached hydrogens (tertiary/aromatic N) is 1. The summed E-state index contributed by atoms with van der Waals surface area (Å²) in [7, 11) is 0. The minimum atomic E-state index is -0.788. The average Bonchev–Trinajstić information content (AvgIpc) is 3.35. The Balaban J connectivity index is 1.40. The molecule has 154 valence electrons. The van der Waals surface area contributed by atoms with Gasteiger partial charge in [0, 0.05) is 28.6 Å². The first kappa shape index (κ1) is 18.9. The fraction of sp³-hybridized carbons (Fsp3) is 0.583. The lowest BCUT2D eigenvalue weighted by molar-refractivity contribution is -0.121. The molecule has 29 heavy (non-hydrogen) atoms. The first-order valence-electron chi connectivity index (χ1n) is 11.2. The number of hydrogen-bond donors (Lipinski definition) is 2. The highest BCUT2D eigenvalue weighted by atomic mass is 16.3. The molecule has 3 aliphatic rings. The summed E-state index contributed by atoms with van der Waals surface area (Å²) in [5, 5.41) is 15.3. The third-order valence-electron chi connectivity index (χ3n) is 7.60. The molecule has 2 N–H and O–H groups in total. The number of pyridine rings is 1. The van der Waals surface area contributed by atoms with Crippen LogP contribution in [0.5, 0.6) is 0 Å². The second kappa shape index (κ2) is 7.28. The Hall–Kier alpha value is -2.14. The predicted molar refractivity (Wildman–Crippen MR) is 114 cm³/mol. The molecule has 5 rings (SSSR count). The maximum Gasteiger partial charge on any atom is 0.258 e. The Morgan fingerprint density at radius 2 is 1.93 bits per heavy atom. The molecule has 2 bridgehead atoms. The first-order chi connectivity index (χ1) is 14.0. The van der Waals surface area contributed by atoms with Gasteiger partial charge in [0.2, 0.25) is 5.91 Å². The van der Waals surface area contributed by atoms with Crippen LogP contribution in [-0.2, 0) is 11.3 Å². The number of fused-ring (bicyclic) bond motifs is 3. The average molecular weight is 395 g/mol. The van der Waals surface area contributed by atoms with Crippen LogP contribution in [0.15, 0.2) is 35.3 Å². The van der Waals surface area contributed by atoms with Crippen LogP contribution in [0, 0.1) is 17.8 Å². The predicted octanol–water partition coefficient (Wildman–Crippen LogP) is 4.07. The van der Waals surface area contributed by atoms with Gasteiger partial charge in [-0.25, -0.2) is 0 Å². The Labute approximate surface area is 171 Å². The van der Waals surface area contributed by atoms with E-state index in [1.807, 2.05) is 24.3 Å². The zero-order valence-electron chi connectivity index (χ0n) is 16.9. The highest BCUT2D eigenvalue weighted by molar-refractivity contribution is 6.02. The number of aliphatic hydroxyl groups is 1. The van der Waals surface area contributed by atoms with Crippen LogP contribution < -0.4 is 10.9 Å². The quantitative estimate of drug-likeness (QED) is 0.821. The molecule has 1 amide bonds. The second-order valence-corrected chi connectivity index (χ2v) is 9.57. The van der Waals surface area contributed by atoms with E-state index in [4.69, 9.17) is 0 Å². The van der Waals surface area contributed by atoms with E-state index in [1.54, 1.807) is 10.8 Å². The zero-order chi connectivity index (χ0) is 20.0. The lowest BCUT2D eigenvalue weighted by Gasteiger charge is -2.32. The second-order valence-electron chi connectivity index (χ2n) is 9.57. The molecule has 1 heterocycles. The van der Waals surface area contributed by atoms with Crippen molar-refractivity contribution in [3.8, 4) is 0 Å². The van der Waals surface area contributed by atoms with E-state index >= 15 is 0 Å². The summed E-state index contributed by atoms with van der Waals surface area (Å²) in [6.07, 6.45) is 11.1. The van der Waals surface area contributed by atoms with Gasteiger partial charge in [0.25, 0.3) is 5.56 Å². The smallest absolute Gasteiger partial charge is 0.258 e. The van der Waals surface area contributed by atoms with E-state index in [-0.39, 0.29) is 17.4 Å². The molecule has 3 aliphatic carbocycles. The molecule has 1 aromatic heterocycles. The lowest BCUT2D eigenvalue weighted by atomic mass is 9.85. The van der Waals surface area contributed by atoms with Crippen molar-refractivity contribution in [1.29, 1.82) is 0 Å². The van der Waals surface area contributed by atoms with E-state index in [1.165, 1.54) is 19.3 Å². The molecule has 3 saturated carbocycles. The van der Waals surface area contributed by atoms with E-state index < -0.39 is 5.60 Å². The Morgan fingerprint density at radius 1 is 1.10 bits per heavy atom. The number of nitrogens with one attached hydrogen (secondary N) is 1. The lowest BCUT2D eigenvalue weighted by Crippen LogP contribution is -2.39. The molecule has 2 aromatic rings. The third kappa shape index (κ3) is 3.50. The number of carbonyl (C=O) groups excluding carboxylic acids is 1. The van der Waals surface area contributed by atoms with Gasteiger partial charge < -0.3 is 15.0 Å². The van der Waals surface area contributed by atoms with Crippen LogP contribution in [0.2, 0.25) is 0 Å². The van der Waals surface area contributed by atoms with E-state index in [0.29, 0.717) is 17.8 Å². The number of hydrogen-bond acceptors (Lipinski definition) is 3. The summed E-state index contributed by atoms with van der Waals surface area (Å²) in [5.74, 6) is 1.47. The maximum atomic E-state index is 13.1. The van der Waals surface area contributed by atoms with Crippen LogP contribution in [0.25, 0.3) is 10.8 Å². The Morgan fingerprint density at radius 3 is 2.66 bits per heavy atom. The number of amides is 1. The zero-order valence-corrected chi connectivity index (χ0v) is 16.9. The Kier molecular flexibility index (Phi) is 4.73. The monoisotopic (exact) mass is 394 g/mol. The third-order valence-corrected chi connectivity index (χ3v) is 7.60. The molecule has 3 fully saturated rings. The maximum absolute atomic E-state index is 13.1. The number of anilines is 1. The largest absolute Gasteiger partial charge is 0.388 e. The summed E-state index contributed by atoms with van der Waals surface area (Å²) >= 11 is 0.